The van der Waals surface area contributed by atoms with Gasteiger partial charge >= 0.3 is 0 Å². The fourth-order valence-electron chi connectivity index (χ4n) is 1.85. The van der Waals surface area contributed by atoms with E-state index in [1.165, 1.54) is 18.7 Å². The van der Waals surface area contributed by atoms with E-state index < -0.39 is 0 Å². The smallest absolute Gasteiger partial charge is 0.233 e. The summed E-state index contributed by atoms with van der Waals surface area (Å²) in [5, 5.41) is 5.43. The van der Waals surface area contributed by atoms with Crippen molar-refractivity contribution in [3.8, 4) is 0 Å². The molecule has 0 saturated heterocycles. The van der Waals surface area contributed by atoms with E-state index in [1.54, 1.807) is 7.11 Å². The molecule has 1 rings (SSSR count). The highest BCUT2D eigenvalue weighted by Crippen LogP contribution is 2.24. The third-order valence-electron chi connectivity index (χ3n) is 3.05. The molecular weight excluding hydrogens is 328 g/mol. The van der Waals surface area contributed by atoms with Crippen LogP contribution in [-0.4, -0.2) is 50.5 Å². The standard InChI is InChI=1S/C17H26N2O4S/c1-13(17(21)18-9-4-10-23-12-11-22-3)24-16-7-5-15(6-8-16)19-14(2)20/h5-8,13H,4,9-12H2,1-3H3,(H,18,21)(H,19,20). The number of carbonyl (C=O) groups excluding carboxylic acids is 2. The van der Waals surface area contributed by atoms with Gasteiger partial charge in [-0.2, -0.15) is 0 Å². The molecule has 0 bridgehead atoms. The van der Waals surface area contributed by atoms with Crippen LogP contribution in [0.2, 0.25) is 0 Å². The lowest BCUT2D eigenvalue weighted by Crippen LogP contribution is -2.32. The highest BCUT2D eigenvalue weighted by molar-refractivity contribution is 8.00. The zero-order valence-electron chi connectivity index (χ0n) is 14.5. The Morgan fingerprint density at radius 1 is 1.17 bits per heavy atom. The molecule has 1 unspecified atom stereocenters. The van der Waals surface area contributed by atoms with Crippen molar-refractivity contribution >= 4 is 29.3 Å². The molecule has 0 radical (unpaired) electrons. The SMILES string of the molecule is COCCOCCCNC(=O)C(C)Sc1ccc(NC(C)=O)cc1. The Morgan fingerprint density at radius 3 is 2.50 bits per heavy atom. The van der Waals surface area contributed by atoms with Gasteiger partial charge in [0.15, 0.2) is 0 Å². The maximum atomic E-state index is 12.0. The van der Waals surface area contributed by atoms with Crippen LogP contribution in [0.15, 0.2) is 29.2 Å². The van der Waals surface area contributed by atoms with Crippen LogP contribution in [0, 0.1) is 0 Å². The third kappa shape index (κ3) is 8.90. The molecule has 2 N–H and O–H groups in total. The van der Waals surface area contributed by atoms with Gasteiger partial charge in [-0.1, -0.05) is 0 Å². The van der Waals surface area contributed by atoms with Crippen molar-refractivity contribution in [1.29, 1.82) is 0 Å². The fourth-order valence-corrected chi connectivity index (χ4v) is 2.74. The molecule has 0 fully saturated rings. The van der Waals surface area contributed by atoms with Gasteiger partial charge in [0.2, 0.25) is 11.8 Å². The van der Waals surface area contributed by atoms with Gasteiger partial charge in [0, 0.05) is 37.8 Å². The predicted molar refractivity (Wildman–Crippen MR) is 96.4 cm³/mol. The largest absolute Gasteiger partial charge is 0.382 e. The quantitative estimate of drug-likeness (QED) is 0.471. The first-order valence-electron chi connectivity index (χ1n) is 7.91. The molecule has 0 aliphatic heterocycles. The summed E-state index contributed by atoms with van der Waals surface area (Å²) >= 11 is 1.48. The molecule has 6 nitrogen and oxygen atoms in total. The molecule has 24 heavy (non-hydrogen) atoms. The minimum Gasteiger partial charge on any atom is -0.382 e. The van der Waals surface area contributed by atoms with Gasteiger partial charge in [-0.05, 0) is 37.6 Å². The van der Waals surface area contributed by atoms with Crippen molar-refractivity contribution in [2.75, 3.05) is 38.8 Å². The number of benzene rings is 1. The number of anilines is 1. The van der Waals surface area contributed by atoms with Crippen molar-refractivity contribution in [2.45, 2.75) is 30.4 Å². The number of thioether (sulfide) groups is 1. The molecule has 0 aliphatic carbocycles. The molecule has 0 aromatic heterocycles. The second kappa shape index (κ2) is 11.9. The first kappa shape index (κ1) is 20.5. The summed E-state index contributed by atoms with van der Waals surface area (Å²) in [4.78, 5) is 24.0. The van der Waals surface area contributed by atoms with Crippen LogP contribution in [-0.2, 0) is 19.1 Å². The van der Waals surface area contributed by atoms with Crippen LogP contribution in [0.5, 0.6) is 0 Å². The van der Waals surface area contributed by atoms with Crippen LogP contribution < -0.4 is 10.6 Å². The Balaban J connectivity index is 2.24. The van der Waals surface area contributed by atoms with Gasteiger partial charge in [-0.25, -0.2) is 0 Å². The number of hydrogen-bond acceptors (Lipinski definition) is 5. The first-order chi connectivity index (χ1) is 11.5. The molecule has 0 saturated carbocycles. The maximum Gasteiger partial charge on any atom is 0.233 e. The zero-order valence-corrected chi connectivity index (χ0v) is 15.3. The molecule has 7 heteroatoms. The van der Waals surface area contributed by atoms with Crippen molar-refractivity contribution in [2.24, 2.45) is 0 Å². The minimum atomic E-state index is -0.189. The molecule has 0 heterocycles. The lowest BCUT2D eigenvalue weighted by atomic mass is 10.3. The number of rotatable bonds is 11. The lowest BCUT2D eigenvalue weighted by Gasteiger charge is -2.12. The van der Waals surface area contributed by atoms with Crippen molar-refractivity contribution in [3.63, 3.8) is 0 Å². The van der Waals surface area contributed by atoms with Crippen LogP contribution in [0.1, 0.15) is 20.3 Å². The highest BCUT2D eigenvalue weighted by atomic mass is 32.2. The van der Waals surface area contributed by atoms with Crippen LogP contribution in [0.3, 0.4) is 0 Å². The third-order valence-corrected chi connectivity index (χ3v) is 4.17. The van der Waals surface area contributed by atoms with Gasteiger partial charge in [-0.15, -0.1) is 11.8 Å². The molecule has 1 aromatic carbocycles. The number of hydrogen-bond donors (Lipinski definition) is 2. The van der Waals surface area contributed by atoms with Gasteiger partial charge < -0.3 is 20.1 Å². The van der Waals surface area contributed by atoms with Crippen molar-refractivity contribution < 1.29 is 19.1 Å². The molecule has 1 aromatic rings. The number of amides is 2. The summed E-state index contributed by atoms with van der Waals surface area (Å²) in [6.07, 6.45) is 0.776. The van der Waals surface area contributed by atoms with E-state index in [-0.39, 0.29) is 17.1 Å². The van der Waals surface area contributed by atoms with Crippen molar-refractivity contribution in [3.05, 3.63) is 24.3 Å². The van der Waals surface area contributed by atoms with E-state index in [0.717, 1.165) is 17.0 Å². The Hall–Kier alpha value is -1.57. The van der Waals surface area contributed by atoms with Gasteiger partial charge in [0.05, 0.1) is 18.5 Å². The summed E-state index contributed by atoms with van der Waals surface area (Å²) in [5.74, 6) is -0.0998. The van der Waals surface area contributed by atoms with Gasteiger partial charge in [0.1, 0.15) is 0 Å². The second-order valence-corrected chi connectivity index (χ2v) is 6.63. The molecule has 0 spiro atoms. The zero-order chi connectivity index (χ0) is 17.8. The predicted octanol–water partition coefficient (Wildman–Crippen LogP) is 2.29. The number of methoxy groups -OCH3 is 1. The highest BCUT2D eigenvalue weighted by Gasteiger charge is 2.13. The molecule has 134 valence electrons. The summed E-state index contributed by atoms with van der Waals surface area (Å²) in [6, 6.07) is 7.43. The van der Waals surface area contributed by atoms with E-state index in [1.807, 2.05) is 31.2 Å². The average molecular weight is 354 g/mol. The van der Waals surface area contributed by atoms with Gasteiger partial charge in [0.25, 0.3) is 0 Å². The lowest BCUT2D eigenvalue weighted by molar-refractivity contribution is -0.120. The molecular formula is C17H26N2O4S. The summed E-state index contributed by atoms with van der Waals surface area (Å²) < 4.78 is 10.2. The maximum absolute atomic E-state index is 12.0. The Bertz CT molecular complexity index is 508. The fraction of sp³-hybridized carbons (Fsp3) is 0.529. The van der Waals surface area contributed by atoms with E-state index in [2.05, 4.69) is 10.6 Å². The van der Waals surface area contributed by atoms with E-state index in [4.69, 9.17) is 9.47 Å². The number of carbonyl (C=O) groups is 2. The van der Waals surface area contributed by atoms with E-state index in [0.29, 0.717) is 26.4 Å². The molecule has 0 aliphatic rings. The summed E-state index contributed by atoms with van der Waals surface area (Å²) in [5.41, 5.74) is 0.748. The van der Waals surface area contributed by atoms with Crippen LogP contribution in [0.4, 0.5) is 5.69 Å². The number of ether oxygens (including phenoxy) is 2. The van der Waals surface area contributed by atoms with E-state index >= 15 is 0 Å². The summed E-state index contributed by atoms with van der Waals surface area (Å²) in [7, 11) is 1.63. The van der Waals surface area contributed by atoms with Crippen molar-refractivity contribution in [1.82, 2.24) is 5.32 Å². The normalized spacial score (nSPS) is 11.8. The molecule has 1 atom stereocenters. The first-order valence-corrected chi connectivity index (χ1v) is 8.79. The Kier molecular flexibility index (Phi) is 10.1. The Labute approximate surface area is 147 Å². The number of nitrogens with one attached hydrogen (secondary N) is 2. The van der Waals surface area contributed by atoms with Crippen LogP contribution >= 0.6 is 11.8 Å². The van der Waals surface area contributed by atoms with Crippen LogP contribution in [0.25, 0.3) is 0 Å². The Morgan fingerprint density at radius 2 is 1.88 bits per heavy atom. The average Bonchev–Trinajstić information content (AvgIpc) is 2.55. The minimum absolute atomic E-state index is 0.00262. The van der Waals surface area contributed by atoms with E-state index in [9.17, 15) is 9.59 Å². The monoisotopic (exact) mass is 354 g/mol. The second-order valence-electron chi connectivity index (χ2n) is 5.22. The van der Waals surface area contributed by atoms with Gasteiger partial charge in [-0.3, -0.25) is 9.59 Å². The topological polar surface area (TPSA) is 76.7 Å². The summed E-state index contributed by atoms with van der Waals surface area (Å²) in [6.45, 7) is 5.70. The molecule has 2 amide bonds.